The minimum atomic E-state index is -1.69. The first-order valence-electron chi connectivity index (χ1n) is 9.95. The van der Waals surface area contributed by atoms with Crippen LogP contribution in [0.1, 0.15) is 24.5 Å². The van der Waals surface area contributed by atoms with Gasteiger partial charge in [-0.1, -0.05) is 19.1 Å². The average molecular weight is 450 g/mol. The summed E-state index contributed by atoms with van der Waals surface area (Å²) in [6, 6.07) is 6.26. The maximum Gasteiger partial charge on any atom is 0.325 e. The third-order valence-electron chi connectivity index (χ3n) is 4.69. The van der Waals surface area contributed by atoms with E-state index in [1.165, 1.54) is 4.90 Å². The van der Waals surface area contributed by atoms with E-state index in [0.29, 0.717) is 24.7 Å². The highest BCUT2D eigenvalue weighted by atomic mass is 19.2. The number of rotatable bonds is 8. The Labute approximate surface area is 184 Å². The quantitative estimate of drug-likeness (QED) is 0.535. The number of carbonyl (C=O) groups is 3. The van der Waals surface area contributed by atoms with Crippen molar-refractivity contribution < 1.29 is 27.6 Å². The maximum atomic E-state index is 13.7. The molecule has 10 heteroatoms. The fraction of sp³-hybridized carbons (Fsp3) is 0.318. The van der Waals surface area contributed by atoms with Gasteiger partial charge in [0, 0.05) is 5.69 Å². The number of amides is 4. The molecule has 172 valence electrons. The Bertz CT molecular complexity index is 1010. The van der Waals surface area contributed by atoms with Gasteiger partial charge >= 0.3 is 6.03 Å². The first-order valence-corrected chi connectivity index (χ1v) is 9.95. The summed E-state index contributed by atoms with van der Waals surface area (Å²) in [4.78, 5) is 38.0. The van der Waals surface area contributed by atoms with E-state index in [4.69, 9.17) is 0 Å². The van der Waals surface area contributed by atoms with Crippen LogP contribution in [0.15, 0.2) is 30.3 Å². The van der Waals surface area contributed by atoms with Crippen LogP contribution in [0.3, 0.4) is 0 Å². The number of urea groups is 1. The van der Waals surface area contributed by atoms with Crippen molar-refractivity contribution in [3.05, 3.63) is 58.9 Å². The third kappa shape index (κ3) is 6.81. The molecular weight excluding hydrogens is 425 g/mol. The summed E-state index contributed by atoms with van der Waals surface area (Å²) in [5.74, 6) is -5.95. The predicted molar refractivity (Wildman–Crippen MR) is 115 cm³/mol. The van der Waals surface area contributed by atoms with Crippen LogP contribution in [0.2, 0.25) is 0 Å². The van der Waals surface area contributed by atoms with Gasteiger partial charge in [-0.25, -0.2) is 18.0 Å². The Morgan fingerprint density at radius 2 is 1.56 bits per heavy atom. The van der Waals surface area contributed by atoms with E-state index < -0.39 is 41.0 Å². The lowest BCUT2D eigenvalue weighted by atomic mass is 10.1. The van der Waals surface area contributed by atoms with E-state index in [0.717, 1.165) is 17.2 Å². The molecule has 3 N–H and O–H groups in total. The molecule has 7 nitrogen and oxygen atoms in total. The lowest BCUT2D eigenvalue weighted by Crippen LogP contribution is -2.44. The van der Waals surface area contributed by atoms with Gasteiger partial charge in [-0.2, -0.15) is 0 Å². The van der Waals surface area contributed by atoms with Gasteiger partial charge in [-0.05, 0) is 56.1 Å². The molecule has 0 radical (unpaired) electrons. The Balaban J connectivity index is 1.93. The summed E-state index contributed by atoms with van der Waals surface area (Å²) < 4.78 is 40.1. The normalized spacial score (nSPS) is 10.7. The summed E-state index contributed by atoms with van der Waals surface area (Å²) in [5, 5.41) is 6.95. The molecule has 0 aliphatic carbocycles. The second-order valence-electron chi connectivity index (χ2n) is 7.23. The number of benzene rings is 2. The molecular formula is C22H25F3N4O3. The van der Waals surface area contributed by atoms with Gasteiger partial charge < -0.3 is 10.6 Å². The molecule has 0 aromatic heterocycles. The van der Waals surface area contributed by atoms with Crippen LogP contribution in [0.4, 0.5) is 29.3 Å². The summed E-state index contributed by atoms with van der Waals surface area (Å²) in [7, 11) is 0. The maximum absolute atomic E-state index is 13.7. The zero-order valence-electron chi connectivity index (χ0n) is 18.0. The van der Waals surface area contributed by atoms with Crippen molar-refractivity contribution in [1.82, 2.24) is 10.2 Å². The van der Waals surface area contributed by atoms with Crippen LogP contribution in [0.5, 0.6) is 0 Å². The zero-order valence-corrected chi connectivity index (χ0v) is 18.0. The van der Waals surface area contributed by atoms with Crippen LogP contribution in [-0.2, 0) is 9.59 Å². The fourth-order valence-corrected chi connectivity index (χ4v) is 2.95. The van der Waals surface area contributed by atoms with Crippen molar-refractivity contribution in [2.45, 2.75) is 27.2 Å². The summed E-state index contributed by atoms with van der Waals surface area (Å²) >= 11 is 0. The Morgan fingerprint density at radius 1 is 0.875 bits per heavy atom. The molecule has 0 fully saturated rings. The number of hydrogen-bond donors (Lipinski definition) is 3. The van der Waals surface area contributed by atoms with E-state index in [2.05, 4.69) is 16.0 Å². The molecule has 2 aromatic carbocycles. The number of aryl methyl sites for hydroxylation is 1. The van der Waals surface area contributed by atoms with E-state index in [1.54, 1.807) is 12.1 Å². The molecule has 2 aromatic rings. The monoisotopic (exact) mass is 450 g/mol. The number of imide groups is 1. The highest BCUT2D eigenvalue weighted by Crippen LogP contribution is 2.20. The van der Waals surface area contributed by atoms with Crippen molar-refractivity contribution in [1.29, 1.82) is 0 Å². The van der Waals surface area contributed by atoms with Crippen LogP contribution in [0.25, 0.3) is 0 Å². The molecule has 2 rings (SSSR count). The largest absolute Gasteiger partial charge is 0.325 e. The van der Waals surface area contributed by atoms with E-state index >= 15 is 0 Å². The summed E-state index contributed by atoms with van der Waals surface area (Å²) in [6.07, 6.45) is 0.592. The molecule has 0 heterocycles. The lowest BCUT2D eigenvalue weighted by molar-refractivity contribution is -0.122. The summed E-state index contributed by atoms with van der Waals surface area (Å²) in [6.45, 7) is 5.29. The molecule has 4 amide bonds. The van der Waals surface area contributed by atoms with Gasteiger partial charge in [0.05, 0.1) is 18.8 Å². The number of nitrogens with zero attached hydrogens (tertiary/aromatic N) is 1. The predicted octanol–water partition coefficient (Wildman–Crippen LogP) is 3.72. The topological polar surface area (TPSA) is 90.5 Å². The Morgan fingerprint density at radius 3 is 2.25 bits per heavy atom. The van der Waals surface area contributed by atoms with Crippen molar-refractivity contribution in [2.24, 2.45) is 0 Å². The van der Waals surface area contributed by atoms with Gasteiger partial charge in [0.25, 0.3) is 0 Å². The second kappa shape index (κ2) is 11.3. The second-order valence-corrected chi connectivity index (χ2v) is 7.23. The Kier molecular flexibility index (Phi) is 8.77. The van der Waals surface area contributed by atoms with Gasteiger partial charge in [-0.15, -0.1) is 0 Å². The summed E-state index contributed by atoms with van der Waals surface area (Å²) in [5.41, 5.74) is 1.90. The molecule has 0 saturated carbocycles. The molecule has 0 aliphatic rings. The number of halogens is 3. The average Bonchev–Trinajstić information content (AvgIpc) is 2.72. The lowest BCUT2D eigenvalue weighted by Gasteiger charge is -2.20. The molecule has 0 bridgehead atoms. The highest BCUT2D eigenvalue weighted by Gasteiger charge is 2.19. The van der Waals surface area contributed by atoms with Gasteiger partial charge in [0.2, 0.25) is 11.8 Å². The molecule has 0 atom stereocenters. The first kappa shape index (κ1) is 24.9. The van der Waals surface area contributed by atoms with Gasteiger partial charge in [0.15, 0.2) is 17.5 Å². The molecule has 0 unspecified atom stereocenters. The third-order valence-corrected chi connectivity index (χ3v) is 4.69. The number of nitrogens with one attached hydrogen (secondary N) is 3. The van der Waals surface area contributed by atoms with Crippen molar-refractivity contribution in [3.63, 3.8) is 0 Å². The Hall–Kier alpha value is -3.40. The molecule has 0 saturated heterocycles. The SMILES string of the molecule is CCCN(CC(=O)NC(=O)Nc1cccc(C)c1C)CC(=O)Nc1ccc(F)c(F)c1F. The minimum absolute atomic E-state index is 0.276. The van der Waals surface area contributed by atoms with Crippen molar-refractivity contribution in [2.75, 3.05) is 30.3 Å². The fourth-order valence-electron chi connectivity index (χ4n) is 2.95. The number of anilines is 2. The molecule has 0 aliphatic heterocycles. The van der Waals surface area contributed by atoms with Crippen molar-refractivity contribution in [3.8, 4) is 0 Å². The highest BCUT2D eigenvalue weighted by molar-refractivity contribution is 6.02. The van der Waals surface area contributed by atoms with Crippen LogP contribution in [-0.4, -0.2) is 42.4 Å². The van der Waals surface area contributed by atoms with Gasteiger partial charge in [0.1, 0.15) is 0 Å². The van der Waals surface area contributed by atoms with E-state index in [-0.39, 0.29) is 13.1 Å². The molecule has 0 spiro atoms. The van der Waals surface area contributed by atoms with Crippen LogP contribution < -0.4 is 16.0 Å². The first-order chi connectivity index (χ1) is 15.1. The zero-order chi connectivity index (χ0) is 23.8. The van der Waals surface area contributed by atoms with Crippen LogP contribution >= 0.6 is 0 Å². The van der Waals surface area contributed by atoms with E-state index in [1.807, 2.05) is 26.8 Å². The smallest absolute Gasteiger partial charge is 0.322 e. The minimum Gasteiger partial charge on any atom is -0.322 e. The standard InChI is InChI=1S/C22H25F3N4O3/c1-4-10-29(11-18(30)26-17-9-8-15(23)20(24)21(17)25)12-19(31)28-22(32)27-16-7-5-6-13(2)14(16)3/h5-9H,4,10-12H2,1-3H3,(H,26,30)(H2,27,28,31,32). The number of hydrogen-bond acceptors (Lipinski definition) is 4. The molecule has 32 heavy (non-hydrogen) atoms. The van der Waals surface area contributed by atoms with Gasteiger partial charge in [-0.3, -0.25) is 19.8 Å². The van der Waals surface area contributed by atoms with Crippen molar-refractivity contribution >= 4 is 29.2 Å². The van der Waals surface area contributed by atoms with Crippen LogP contribution in [0, 0.1) is 31.3 Å². The number of carbonyl (C=O) groups excluding carboxylic acids is 3. The van der Waals surface area contributed by atoms with E-state index in [9.17, 15) is 27.6 Å².